The van der Waals surface area contributed by atoms with E-state index in [0.29, 0.717) is 24.6 Å². The monoisotopic (exact) mass is 198 g/mol. The van der Waals surface area contributed by atoms with E-state index in [1.165, 1.54) is 6.42 Å². The predicted octanol–water partition coefficient (Wildman–Crippen LogP) is 0.954. The van der Waals surface area contributed by atoms with E-state index >= 15 is 0 Å². The van der Waals surface area contributed by atoms with E-state index in [2.05, 4.69) is 0 Å². The molecule has 1 amide bonds. The zero-order chi connectivity index (χ0) is 10.1. The molecular weight excluding hydrogens is 180 g/mol. The van der Waals surface area contributed by atoms with Crippen LogP contribution in [0.2, 0.25) is 0 Å². The molecule has 3 aliphatic rings. The van der Waals surface area contributed by atoms with E-state index in [0.717, 1.165) is 19.4 Å². The quantitative estimate of drug-likeness (QED) is 0.682. The fraction of sp³-hybridized carbons (Fsp3) is 0.900. The van der Waals surface area contributed by atoms with Crippen LogP contribution < -0.4 is 5.73 Å². The lowest BCUT2D eigenvalue weighted by Crippen LogP contribution is -2.58. The first kappa shape index (κ1) is 9.77. The Balaban J connectivity index is 1.99. The van der Waals surface area contributed by atoms with Crippen molar-refractivity contribution in [1.29, 1.82) is 0 Å². The molecule has 3 unspecified atom stereocenters. The molecule has 4 nitrogen and oxygen atoms in total. The standard InChI is InChI=1S/C10H18N2O2/c1-2-14-10(13)12-6-7-3-4-8(12)5-9(7)11/h7-9H,2-6,11H2,1H3. The second kappa shape index (κ2) is 3.77. The molecule has 0 aromatic carbocycles. The Bertz CT molecular complexity index is 232. The lowest BCUT2D eigenvalue weighted by molar-refractivity contribution is 0.0226. The number of nitrogens with zero attached hydrogens (tertiary/aromatic N) is 1. The van der Waals surface area contributed by atoms with Crippen LogP contribution in [0, 0.1) is 5.92 Å². The first-order chi connectivity index (χ1) is 6.72. The molecule has 4 heteroatoms. The minimum absolute atomic E-state index is 0.158. The van der Waals surface area contributed by atoms with Crippen molar-refractivity contribution in [2.24, 2.45) is 11.7 Å². The smallest absolute Gasteiger partial charge is 0.410 e. The number of nitrogens with two attached hydrogens (primary N) is 1. The van der Waals surface area contributed by atoms with Crippen molar-refractivity contribution in [3.63, 3.8) is 0 Å². The highest BCUT2D eigenvalue weighted by Gasteiger charge is 2.41. The number of hydrogen-bond donors (Lipinski definition) is 1. The SMILES string of the molecule is CCOC(=O)N1CC2CCC1CC2N. The largest absolute Gasteiger partial charge is 0.450 e. The summed E-state index contributed by atoms with van der Waals surface area (Å²) in [5, 5.41) is 0. The second-order valence-electron chi connectivity index (χ2n) is 4.24. The van der Waals surface area contributed by atoms with Crippen LogP contribution in [0.4, 0.5) is 4.79 Å². The summed E-state index contributed by atoms with van der Waals surface area (Å²) >= 11 is 0. The summed E-state index contributed by atoms with van der Waals surface area (Å²) < 4.78 is 5.02. The van der Waals surface area contributed by atoms with Gasteiger partial charge in [0.1, 0.15) is 0 Å². The summed E-state index contributed by atoms with van der Waals surface area (Å²) in [5.74, 6) is 0.490. The Morgan fingerprint density at radius 2 is 2.36 bits per heavy atom. The van der Waals surface area contributed by atoms with Crippen LogP contribution in [-0.4, -0.2) is 36.2 Å². The summed E-state index contributed by atoms with van der Waals surface area (Å²) in [4.78, 5) is 13.4. The van der Waals surface area contributed by atoms with Gasteiger partial charge in [-0.1, -0.05) is 0 Å². The van der Waals surface area contributed by atoms with Gasteiger partial charge < -0.3 is 15.4 Å². The average Bonchev–Trinajstić information content (AvgIpc) is 2.18. The van der Waals surface area contributed by atoms with Gasteiger partial charge in [0.05, 0.1) is 6.61 Å². The topological polar surface area (TPSA) is 55.6 Å². The van der Waals surface area contributed by atoms with Gasteiger partial charge in [-0.2, -0.15) is 0 Å². The van der Waals surface area contributed by atoms with Gasteiger partial charge in [0.25, 0.3) is 0 Å². The third-order valence-corrected chi connectivity index (χ3v) is 3.39. The molecule has 1 aliphatic carbocycles. The molecule has 1 saturated carbocycles. The Morgan fingerprint density at radius 3 is 2.86 bits per heavy atom. The van der Waals surface area contributed by atoms with Gasteiger partial charge in [0, 0.05) is 18.6 Å². The Labute approximate surface area is 84.4 Å². The van der Waals surface area contributed by atoms with E-state index in [9.17, 15) is 4.79 Å². The highest BCUT2D eigenvalue weighted by molar-refractivity contribution is 5.68. The maximum Gasteiger partial charge on any atom is 0.410 e. The molecule has 3 fully saturated rings. The van der Waals surface area contributed by atoms with Crippen LogP contribution in [0.1, 0.15) is 26.2 Å². The van der Waals surface area contributed by atoms with Crippen LogP contribution in [0.15, 0.2) is 0 Å². The van der Waals surface area contributed by atoms with E-state index in [1.807, 2.05) is 11.8 Å². The van der Waals surface area contributed by atoms with E-state index in [4.69, 9.17) is 10.5 Å². The Morgan fingerprint density at radius 1 is 1.57 bits per heavy atom. The van der Waals surface area contributed by atoms with Crippen molar-refractivity contribution < 1.29 is 9.53 Å². The molecule has 0 aromatic heterocycles. The minimum Gasteiger partial charge on any atom is -0.450 e. The normalized spacial score (nSPS) is 35.9. The third-order valence-electron chi connectivity index (χ3n) is 3.39. The average molecular weight is 198 g/mol. The van der Waals surface area contributed by atoms with Crippen molar-refractivity contribution >= 4 is 6.09 Å². The molecule has 14 heavy (non-hydrogen) atoms. The number of amides is 1. The number of carbonyl (C=O) groups excluding carboxylic acids is 1. The Kier molecular flexibility index (Phi) is 2.63. The third kappa shape index (κ3) is 1.59. The first-order valence-corrected chi connectivity index (χ1v) is 5.41. The molecule has 2 saturated heterocycles. The Hall–Kier alpha value is -0.770. The van der Waals surface area contributed by atoms with Crippen LogP contribution in [0.25, 0.3) is 0 Å². The molecule has 0 radical (unpaired) electrons. The maximum absolute atomic E-state index is 11.6. The van der Waals surface area contributed by atoms with E-state index in [1.54, 1.807) is 0 Å². The fourth-order valence-corrected chi connectivity index (χ4v) is 2.59. The molecule has 3 atom stereocenters. The highest BCUT2D eigenvalue weighted by Crippen LogP contribution is 2.34. The highest BCUT2D eigenvalue weighted by atomic mass is 16.6. The molecule has 80 valence electrons. The number of piperidine rings is 2. The summed E-state index contributed by atoms with van der Waals surface area (Å²) in [5.41, 5.74) is 5.98. The fourth-order valence-electron chi connectivity index (χ4n) is 2.59. The molecular formula is C10H18N2O2. The summed E-state index contributed by atoms with van der Waals surface area (Å²) in [6, 6.07) is 0.619. The van der Waals surface area contributed by atoms with Crippen LogP contribution in [-0.2, 0) is 4.74 Å². The van der Waals surface area contributed by atoms with Crippen LogP contribution in [0.5, 0.6) is 0 Å². The number of ether oxygens (including phenoxy) is 1. The molecule has 0 spiro atoms. The molecule has 2 heterocycles. The number of fused-ring (bicyclic) bond motifs is 3. The van der Waals surface area contributed by atoms with Gasteiger partial charge >= 0.3 is 6.09 Å². The molecule has 2 aliphatic heterocycles. The van der Waals surface area contributed by atoms with E-state index < -0.39 is 0 Å². The molecule has 2 bridgehead atoms. The summed E-state index contributed by atoms with van der Waals surface area (Å²) in [7, 11) is 0. The van der Waals surface area contributed by atoms with Crippen molar-refractivity contribution in [1.82, 2.24) is 4.90 Å². The number of rotatable bonds is 1. The van der Waals surface area contributed by atoms with Gasteiger partial charge in [-0.25, -0.2) is 4.79 Å². The summed E-state index contributed by atoms with van der Waals surface area (Å²) in [6.07, 6.45) is 3.05. The zero-order valence-corrected chi connectivity index (χ0v) is 8.61. The number of carbonyl (C=O) groups is 1. The summed E-state index contributed by atoms with van der Waals surface area (Å²) in [6.45, 7) is 3.09. The molecule has 2 N–H and O–H groups in total. The lowest BCUT2D eigenvalue weighted by atomic mass is 9.77. The van der Waals surface area contributed by atoms with Crippen LogP contribution >= 0.6 is 0 Å². The van der Waals surface area contributed by atoms with Gasteiger partial charge in [-0.05, 0) is 32.1 Å². The molecule has 3 rings (SSSR count). The van der Waals surface area contributed by atoms with Gasteiger partial charge in [0.15, 0.2) is 0 Å². The van der Waals surface area contributed by atoms with Gasteiger partial charge in [-0.15, -0.1) is 0 Å². The van der Waals surface area contributed by atoms with Crippen molar-refractivity contribution in [2.45, 2.75) is 38.3 Å². The zero-order valence-electron chi connectivity index (χ0n) is 8.61. The van der Waals surface area contributed by atoms with Crippen molar-refractivity contribution in [3.8, 4) is 0 Å². The maximum atomic E-state index is 11.6. The van der Waals surface area contributed by atoms with E-state index in [-0.39, 0.29) is 6.09 Å². The van der Waals surface area contributed by atoms with Gasteiger partial charge in [0.2, 0.25) is 0 Å². The lowest BCUT2D eigenvalue weighted by Gasteiger charge is -2.47. The number of hydrogen-bond acceptors (Lipinski definition) is 3. The van der Waals surface area contributed by atoms with Gasteiger partial charge in [-0.3, -0.25) is 0 Å². The first-order valence-electron chi connectivity index (χ1n) is 5.41. The second-order valence-corrected chi connectivity index (χ2v) is 4.24. The van der Waals surface area contributed by atoms with Crippen molar-refractivity contribution in [3.05, 3.63) is 0 Å². The molecule has 0 aromatic rings. The van der Waals surface area contributed by atoms with Crippen molar-refractivity contribution in [2.75, 3.05) is 13.2 Å². The predicted molar refractivity (Wildman–Crippen MR) is 52.8 cm³/mol. The van der Waals surface area contributed by atoms with Crippen LogP contribution in [0.3, 0.4) is 0 Å². The minimum atomic E-state index is -0.158.